The van der Waals surface area contributed by atoms with Gasteiger partial charge in [0.1, 0.15) is 0 Å². The number of hydrogen-bond donors (Lipinski definition) is 2. The molecule has 1 aliphatic carbocycles. The summed E-state index contributed by atoms with van der Waals surface area (Å²) in [6, 6.07) is 0. The van der Waals surface area contributed by atoms with E-state index in [4.69, 9.17) is 0 Å². The van der Waals surface area contributed by atoms with Crippen molar-refractivity contribution in [3.63, 3.8) is 0 Å². The van der Waals surface area contributed by atoms with E-state index in [0.29, 0.717) is 6.54 Å². The zero-order chi connectivity index (χ0) is 13.2. The predicted molar refractivity (Wildman–Crippen MR) is 66.4 cm³/mol. The number of aliphatic hydroxyl groups is 1. The summed E-state index contributed by atoms with van der Waals surface area (Å²) in [7, 11) is -3.55. The third-order valence-corrected chi connectivity index (χ3v) is 4.71. The number of imidazole rings is 1. The molecular formula is C11H19N3O3S. The number of sulfonamides is 1. The van der Waals surface area contributed by atoms with Crippen LogP contribution in [0.1, 0.15) is 26.2 Å². The first-order valence-electron chi connectivity index (χ1n) is 6.22. The summed E-state index contributed by atoms with van der Waals surface area (Å²) in [5, 5.41) is 9.68. The van der Waals surface area contributed by atoms with Gasteiger partial charge in [0.2, 0.25) is 0 Å². The summed E-state index contributed by atoms with van der Waals surface area (Å²) >= 11 is 0. The Morgan fingerprint density at radius 3 is 2.89 bits per heavy atom. The molecule has 1 heterocycles. The molecule has 2 rings (SSSR count). The first-order valence-corrected chi connectivity index (χ1v) is 7.70. The van der Waals surface area contributed by atoms with Crippen molar-refractivity contribution >= 4 is 10.0 Å². The number of nitrogens with zero attached hydrogens (tertiary/aromatic N) is 2. The molecule has 0 amide bonds. The van der Waals surface area contributed by atoms with E-state index in [1.807, 2.05) is 6.92 Å². The third-order valence-electron chi connectivity index (χ3n) is 3.40. The summed E-state index contributed by atoms with van der Waals surface area (Å²) in [4.78, 5) is 3.87. The van der Waals surface area contributed by atoms with Crippen molar-refractivity contribution in [1.29, 1.82) is 0 Å². The highest BCUT2D eigenvalue weighted by atomic mass is 32.2. The summed E-state index contributed by atoms with van der Waals surface area (Å²) in [6.07, 6.45) is 5.20. The molecule has 0 spiro atoms. The number of aryl methyl sites for hydroxylation is 1. The number of hydrogen-bond acceptors (Lipinski definition) is 4. The maximum absolute atomic E-state index is 12.0. The van der Waals surface area contributed by atoms with Crippen LogP contribution < -0.4 is 4.72 Å². The highest BCUT2D eigenvalue weighted by Gasteiger charge is 2.27. The topological polar surface area (TPSA) is 84.2 Å². The van der Waals surface area contributed by atoms with Gasteiger partial charge < -0.3 is 9.67 Å². The Morgan fingerprint density at radius 1 is 1.56 bits per heavy atom. The molecule has 1 aromatic heterocycles. The zero-order valence-electron chi connectivity index (χ0n) is 10.4. The van der Waals surface area contributed by atoms with Gasteiger partial charge >= 0.3 is 0 Å². The van der Waals surface area contributed by atoms with Crippen molar-refractivity contribution < 1.29 is 13.5 Å². The largest absolute Gasteiger partial charge is 0.393 e. The minimum absolute atomic E-state index is 0.0213. The molecule has 6 nitrogen and oxygen atoms in total. The van der Waals surface area contributed by atoms with Gasteiger partial charge in [0.25, 0.3) is 10.0 Å². The van der Waals surface area contributed by atoms with E-state index >= 15 is 0 Å². The van der Waals surface area contributed by atoms with Crippen molar-refractivity contribution in [2.75, 3.05) is 6.54 Å². The van der Waals surface area contributed by atoms with Crippen LogP contribution in [0, 0.1) is 5.92 Å². The second kappa shape index (κ2) is 5.38. The van der Waals surface area contributed by atoms with E-state index < -0.39 is 10.0 Å². The van der Waals surface area contributed by atoms with Gasteiger partial charge in [-0.15, -0.1) is 0 Å². The second-order valence-electron chi connectivity index (χ2n) is 4.65. The first kappa shape index (κ1) is 13.5. The second-order valence-corrected chi connectivity index (χ2v) is 6.37. The maximum atomic E-state index is 12.0. The van der Waals surface area contributed by atoms with Crippen LogP contribution in [-0.4, -0.2) is 35.7 Å². The average molecular weight is 273 g/mol. The van der Waals surface area contributed by atoms with Gasteiger partial charge in [0.15, 0.2) is 5.03 Å². The fraction of sp³-hybridized carbons (Fsp3) is 0.727. The minimum atomic E-state index is -3.55. The van der Waals surface area contributed by atoms with Crippen molar-refractivity contribution in [2.45, 2.75) is 43.9 Å². The van der Waals surface area contributed by atoms with E-state index in [1.54, 1.807) is 4.57 Å². The molecule has 1 saturated carbocycles. The summed E-state index contributed by atoms with van der Waals surface area (Å²) in [6.45, 7) is 2.88. The third kappa shape index (κ3) is 2.90. The van der Waals surface area contributed by atoms with E-state index in [9.17, 15) is 13.5 Å². The van der Waals surface area contributed by atoms with Gasteiger partial charge in [0, 0.05) is 19.3 Å². The molecule has 102 valence electrons. The Morgan fingerprint density at radius 2 is 2.33 bits per heavy atom. The number of rotatable bonds is 5. The first-order chi connectivity index (χ1) is 8.53. The minimum Gasteiger partial charge on any atom is -0.393 e. The molecule has 0 bridgehead atoms. The van der Waals surface area contributed by atoms with Crippen LogP contribution >= 0.6 is 0 Å². The lowest BCUT2D eigenvalue weighted by atomic mass is 10.1. The molecule has 1 aromatic rings. The van der Waals surface area contributed by atoms with Crippen molar-refractivity contribution in [3.05, 3.63) is 12.5 Å². The fourth-order valence-corrected chi connectivity index (χ4v) is 3.24. The summed E-state index contributed by atoms with van der Waals surface area (Å²) < 4.78 is 28.1. The molecule has 1 fully saturated rings. The lowest BCUT2D eigenvalue weighted by Crippen LogP contribution is -2.32. The van der Waals surface area contributed by atoms with Gasteiger partial charge in [0.05, 0.1) is 12.4 Å². The molecular weight excluding hydrogens is 254 g/mol. The molecule has 7 heteroatoms. The molecule has 2 atom stereocenters. The van der Waals surface area contributed by atoms with Crippen LogP contribution in [0.5, 0.6) is 0 Å². The zero-order valence-corrected chi connectivity index (χ0v) is 11.2. The van der Waals surface area contributed by atoms with Crippen LogP contribution in [0.3, 0.4) is 0 Å². The Labute approximate surface area is 107 Å². The van der Waals surface area contributed by atoms with Gasteiger partial charge in [-0.05, 0) is 25.7 Å². The van der Waals surface area contributed by atoms with E-state index in [1.165, 1.54) is 12.5 Å². The smallest absolute Gasteiger partial charge is 0.259 e. The van der Waals surface area contributed by atoms with E-state index in [2.05, 4.69) is 9.71 Å². The molecule has 0 radical (unpaired) electrons. The fourth-order valence-electron chi connectivity index (χ4n) is 2.20. The van der Waals surface area contributed by atoms with Crippen LogP contribution in [0.15, 0.2) is 17.6 Å². The van der Waals surface area contributed by atoms with Gasteiger partial charge in [-0.1, -0.05) is 6.42 Å². The Kier molecular flexibility index (Phi) is 4.04. The molecule has 0 saturated heterocycles. The van der Waals surface area contributed by atoms with Gasteiger partial charge in [-0.25, -0.2) is 18.1 Å². The monoisotopic (exact) mass is 273 g/mol. The Hall–Kier alpha value is -0.920. The van der Waals surface area contributed by atoms with Crippen LogP contribution in [0.4, 0.5) is 0 Å². The summed E-state index contributed by atoms with van der Waals surface area (Å²) in [5.41, 5.74) is 0. The molecule has 18 heavy (non-hydrogen) atoms. The molecule has 2 N–H and O–H groups in total. The maximum Gasteiger partial charge on any atom is 0.259 e. The Balaban J connectivity index is 1.98. The lowest BCUT2D eigenvalue weighted by molar-refractivity contribution is 0.134. The number of nitrogens with one attached hydrogen (secondary N) is 1. The standard InChI is InChI=1S/C11H19N3O3S/c1-2-14-7-11(12-8-14)18(16,17)13-6-9-4-3-5-10(9)15/h7-10,13,15H,2-6H2,1H3. The van der Waals surface area contributed by atoms with Gasteiger partial charge in [-0.3, -0.25) is 0 Å². The normalized spacial score (nSPS) is 24.6. The van der Waals surface area contributed by atoms with Crippen LogP contribution in [0.2, 0.25) is 0 Å². The van der Waals surface area contributed by atoms with Crippen molar-refractivity contribution in [1.82, 2.24) is 14.3 Å². The highest BCUT2D eigenvalue weighted by Crippen LogP contribution is 2.25. The van der Waals surface area contributed by atoms with Crippen molar-refractivity contribution in [3.8, 4) is 0 Å². The lowest BCUT2D eigenvalue weighted by Gasteiger charge is -2.14. The summed E-state index contributed by atoms with van der Waals surface area (Å²) in [5.74, 6) is 0.0213. The van der Waals surface area contributed by atoms with E-state index in [-0.39, 0.29) is 23.6 Å². The highest BCUT2D eigenvalue weighted by molar-refractivity contribution is 7.89. The molecule has 2 unspecified atom stereocenters. The van der Waals surface area contributed by atoms with Crippen LogP contribution in [-0.2, 0) is 16.6 Å². The average Bonchev–Trinajstić information content (AvgIpc) is 2.95. The molecule has 0 aromatic carbocycles. The van der Waals surface area contributed by atoms with Crippen LogP contribution in [0.25, 0.3) is 0 Å². The number of aliphatic hydroxyl groups excluding tert-OH is 1. The quantitative estimate of drug-likeness (QED) is 0.810. The predicted octanol–water partition coefficient (Wildman–Crippen LogP) is 0.342. The molecule has 1 aliphatic rings. The Bertz CT molecular complexity index is 497. The van der Waals surface area contributed by atoms with E-state index in [0.717, 1.165) is 19.3 Å². The number of aromatic nitrogens is 2. The molecule has 0 aliphatic heterocycles. The van der Waals surface area contributed by atoms with Gasteiger partial charge in [-0.2, -0.15) is 0 Å². The SMILES string of the molecule is CCn1cnc(S(=O)(=O)NCC2CCCC2O)c1. The van der Waals surface area contributed by atoms with Crippen molar-refractivity contribution in [2.24, 2.45) is 5.92 Å².